The second-order valence-electron chi connectivity index (χ2n) is 5.64. The van der Waals surface area contributed by atoms with Gasteiger partial charge in [-0.1, -0.05) is 19.3 Å². The lowest BCUT2D eigenvalue weighted by Gasteiger charge is -2.41. The highest BCUT2D eigenvalue weighted by Gasteiger charge is 2.46. The van der Waals surface area contributed by atoms with Crippen molar-refractivity contribution in [1.82, 2.24) is 4.90 Å². The fourth-order valence-corrected chi connectivity index (χ4v) is 3.02. The van der Waals surface area contributed by atoms with Gasteiger partial charge in [-0.25, -0.2) is 4.79 Å². The summed E-state index contributed by atoms with van der Waals surface area (Å²) in [4.78, 5) is 25.7. The van der Waals surface area contributed by atoms with Crippen molar-refractivity contribution in [3.63, 3.8) is 0 Å². The number of hydrogen-bond donors (Lipinski definition) is 2. The first-order valence-electron chi connectivity index (χ1n) is 7.31. The normalized spacial score (nSPS) is 16.8. The van der Waals surface area contributed by atoms with Crippen LogP contribution in [-0.4, -0.2) is 46.7 Å². The number of nitrogens with zero attached hydrogens (tertiary/aromatic N) is 1. The first-order chi connectivity index (χ1) is 10.4. The highest BCUT2D eigenvalue weighted by Crippen LogP contribution is 2.35. The summed E-state index contributed by atoms with van der Waals surface area (Å²) in [5.41, 5.74) is -1.15. The van der Waals surface area contributed by atoms with Crippen LogP contribution in [0.15, 0.2) is 18.2 Å². The molecule has 120 valence electrons. The summed E-state index contributed by atoms with van der Waals surface area (Å²) in [6.07, 6.45) is 3.37. The van der Waals surface area contributed by atoms with Gasteiger partial charge in [-0.15, -0.1) is 0 Å². The molecule has 0 atom stereocenters. The summed E-state index contributed by atoms with van der Waals surface area (Å²) >= 11 is 0. The van der Waals surface area contributed by atoms with Crippen LogP contribution in [0.4, 0.5) is 0 Å². The minimum Gasteiger partial charge on any atom is -0.507 e. The summed E-state index contributed by atoms with van der Waals surface area (Å²) < 4.78 is 5.06. The highest BCUT2D eigenvalue weighted by molar-refractivity contribution is 6.00. The van der Waals surface area contributed by atoms with Gasteiger partial charge in [-0.3, -0.25) is 4.79 Å². The first-order valence-corrected chi connectivity index (χ1v) is 7.31. The summed E-state index contributed by atoms with van der Waals surface area (Å²) in [6.45, 7) is 0. The van der Waals surface area contributed by atoms with Crippen molar-refractivity contribution in [2.45, 2.75) is 37.6 Å². The number of likely N-dealkylation sites (N-methyl/N-ethyl adjacent to an activating group) is 1. The van der Waals surface area contributed by atoms with E-state index in [1.165, 1.54) is 31.2 Å². The summed E-state index contributed by atoms with van der Waals surface area (Å²) in [6, 6.07) is 4.33. The third kappa shape index (κ3) is 2.73. The van der Waals surface area contributed by atoms with Crippen LogP contribution in [0.1, 0.15) is 42.5 Å². The molecule has 1 aliphatic carbocycles. The molecule has 22 heavy (non-hydrogen) atoms. The summed E-state index contributed by atoms with van der Waals surface area (Å²) in [5, 5.41) is 19.6. The smallest absolute Gasteiger partial charge is 0.329 e. The van der Waals surface area contributed by atoms with Crippen LogP contribution in [0.25, 0.3) is 0 Å². The number of methoxy groups -OCH3 is 1. The number of ether oxygens (including phenoxy) is 1. The van der Waals surface area contributed by atoms with Gasteiger partial charge in [-0.2, -0.15) is 0 Å². The van der Waals surface area contributed by atoms with Crippen molar-refractivity contribution in [3.05, 3.63) is 23.8 Å². The van der Waals surface area contributed by atoms with E-state index in [-0.39, 0.29) is 11.3 Å². The second-order valence-corrected chi connectivity index (χ2v) is 5.64. The molecular formula is C16H21NO5. The van der Waals surface area contributed by atoms with E-state index in [1.807, 2.05) is 0 Å². The third-order valence-electron chi connectivity index (χ3n) is 4.46. The number of hydrogen-bond acceptors (Lipinski definition) is 4. The Labute approximate surface area is 129 Å². The topological polar surface area (TPSA) is 87.1 Å². The van der Waals surface area contributed by atoms with E-state index >= 15 is 0 Å². The van der Waals surface area contributed by atoms with E-state index in [2.05, 4.69) is 0 Å². The molecule has 1 aromatic rings. The Bertz CT molecular complexity index is 578. The molecule has 1 saturated carbocycles. The van der Waals surface area contributed by atoms with E-state index in [0.717, 1.165) is 19.3 Å². The standard InChI is InChI=1S/C16H21NO5/c1-17(16(15(20)21)8-4-3-5-9-16)14(19)12-10-11(22-2)6-7-13(12)18/h6-7,10,18H,3-5,8-9H2,1-2H3,(H,20,21). The number of carboxylic acid groups (broad SMARTS) is 1. The van der Waals surface area contributed by atoms with Crippen molar-refractivity contribution in [1.29, 1.82) is 0 Å². The lowest BCUT2D eigenvalue weighted by molar-refractivity contribution is -0.151. The van der Waals surface area contributed by atoms with E-state index < -0.39 is 17.4 Å². The predicted octanol–water partition coefficient (Wildman–Crippen LogP) is 2.26. The van der Waals surface area contributed by atoms with Gasteiger partial charge >= 0.3 is 5.97 Å². The highest BCUT2D eigenvalue weighted by atomic mass is 16.5. The lowest BCUT2D eigenvalue weighted by Crippen LogP contribution is -2.56. The van der Waals surface area contributed by atoms with E-state index in [1.54, 1.807) is 6.07 Å². The van der Waals surface area contributed by atoms with Gasteiger partial charge in [0, 0.05) is 7.05 Å². The van der Waals surface area contributed by atoms with Gasteiger partial charge in [0.1, 0.15) is 17.0 Å². The second kappa shape index (κ2) is 6.25. The monoisotopic (exact) mass is 307 g/mol. The van der Waals surface area contributed by atoms with Gasteiger partial charge in [-0.05, 0) is 31.0 Å². The van der Waals surface area contributed by atoms with E-state index in [4.69, 9.17) is 4.74 Å². The van der Waals surface area contributed by atoms with E-state index in [9.17, 15) is 19.8 Å². The number of carbonyl (C=O) groups is 2. The molecule has 0 aliphatic heterocycles. The molecule has 6 heteroatoms. The fourth-order valence-electron chi connectivity index (χ4n) is 3.02. The van der Waals surface area contributed by atoms with Crippen LogP contribution in [0, 0.1) is 0 Å². The number of carbonyl (C=O) groups excluding carboxylic acids is 1. The van der Waals surface area contributed by atoms with Crippen molar-refractivity contribution in [2.24, 2.45) is 0 Å². The van der Waals surface area contributed by atoms with Crippen LogP contribution >= 0.6 is 0 Å². The minimum atomic E-state index is -1.20. The molecule has 6 nitrogen and oxygen atoms in total. The Morgan fingerprint density at radius 3 is 2.41 bits per heavy atom. The van der Waals surface area contributed by atoms with Crippen LogP contribution in [0.2, 0.25) is 0 Å². The van der Waals surface area contributed by atoms with E-state index in [0.29, 0.717) is 18.6 Å². The number of carboxylic acids is 1. The van der Waals surface area contributed by atoms with Crippen molar-refractivity contribution < 1.29 is 24.5 Å². The molecule has 0 unspecified atom stereocenters. The maximum atomic E-state index is 12.7. The summed E-state index contributed by atoms with van der Waals surface area (Å²) in [5.74, 6) is -1.26. The molecule has 1 amide bonds. The Hall–Kier alpha value is -2.24. The summed E-state index contributed by atoms with van der Waals surface area (Å²) in [7, 11) is 2.95. The molecule has 0 bridgehead atoms. The Morgan fingerprint density at radius 2 is 1.86 bits per heavy atom. The van der Waals surface area contributed by atoms with Crippen LogP contribution in [0.5, 0.6) is 11.5 Å². The number of amides is 1. The third-order valence-corrected chi connectivity index (χ3v) is 4.46. The van der Waals surface area contributed by atoms with Crippen molar-refractivity contribution >= 4 is 11.9 Å². The maximum Gasteiger partial charge on any atom is 0.329 e. The van der Waals surface area contributed by atoms with Gasteiger partial charge in [0.05, 0.1) is 12.7 Å². The number of phenolic OH excluding ortho intramolecular Hbond substituents is 1. The zero-order valence-corrected chi connectivity index (χ0v) is 12.8. The number of benzene rings is 1. The molecule has 2 N–H and O–H groups in total. The molecular weight excluding hydrogens is 286 g/mol. The molecule has 1 aromatic carbocycles. The molecule has 0 saturated heterocycles. The first kappa shape index (κ1) is 16.1. The maximum absolute atomic E-state index is 12.7. The number of rotatable bonds is 4. The molecule has 1 fully saturated rings. The average Bonchev–Trinajstić information content (AvgIpc) is 2.54. The quantitative estimate of drug-likeness (QED) is 0.891. The minimum absolute atomic E-state index is 0.0491. The van der Waals surface area contributed by atoms with Crippen LogP contribution < -0.4 is 4.74 Å². The zero-order chi connectivity index (χ0) is 16.3. The van der Waals surface area contributed by atoms with Gasteiger partial charge in [0.2, 0.25) is 0 Å². The largest absolute Gasteiger partial charge is 0.507 e. The number of phenols is 1. The molecule has 0 heterocycles. The average molecular weight is 307 g/mol. The van der Waals surface area contributed by atoms with Crippen LogP contribution in [-0.2, 0) is 4.79 Å². The Kier molecular flexibility index (Phi) is 4.59. The van der Waals surface area contributed by atoms with Gasteiger partial charge < -0.3 is 19.8 Å². The number of aliphatic carboxylic acids is 1. The van der Waals surface area contributed by atoms with Gasteiger partial charge in [0.25, 0.3) is 5.91 Å². The van der Waals surface area contributed by atoms with Crippen molar-refractivity contribution in [2.75, 3.05) is 14.2 Å². The molecule has 2 rings (SSSR count). The Morgan fingerprint density at radius 1 is 1.23 bits per heavy atom. The lowest BCUT2D eigenvalue weighted by atomic mass is 9.80. The predicted molar refractivity (Wildman–Crippen MR) is 80.2 cm³/mol. The number of aromatic hydroxyl groups is 1. The molecule has 1 aliphatic rings. The zero-order valence-electron chi connectivity index (χ0n) is 12.8. The molecule has 0 aromatic heterocycles. The Balaban J connectivity index is 2.36. The fraction of sp³-hybridized carbons (Fsp3) is 0.500. The van der Waals surface area contributed by atoms with Crippen LogP contribution in [0.3, 0.4) is 0 Å². The molecule has 0 spiro atoms. The SMILES string of the molecule is COc1ccc(O)c(C(=O)N(C)C2(C(=O)O)CCCCC2)c1. The molecule has 0 radical (unpaired) electrons. The van der Waals surface area contributed by atoms with Gasteiger partial charge in [0.15, 0.2) is 0 Å². The van der Waals surface area contributed by atoms with Crippen molar-refractivity contribution in [3.8, 4) is 11.5 Å².